The molecular formula is C13H21N3O3S. The van der Waals surface area contributed by atoms with Gasteiger partial charge in [-0.15, -0.1) is 0 Å². The molecule has 0 saturated carbocycles. The number of hydrogen-bond donors (Lipinski definition) is 1. The van der Waals surface area contributed by atoms with E-state index in [4.69, 9.17) is 4.74 Å². The highest BCUT2D eigenvalue weighted by molar-refractivity contribution is 7.86. The molecule has 0 spiro atoms. The molecule has 7 heteroatoms. The van der Waals surface area contributed by atoms with Crippen molar-refractivity contribution in [2.45, 2.75) is 6.54 Å². The van der Waals surface area contributed by atoms with Crippen LogP contribution in [0.4, 0.5) is 0 Å². The third-order valence-corrected chi connectivity index (χ3v) is 5.29. The quantitative estimate of drug-likeness (QED) is 0.848. The van der Waals surface area contributed by atoms with Crippen molar-refractivity contribution >= 4 is 10.2 Å². The van der Waals surface area contributed by atoms with E-state index in [1.165, 1.54) is 8.61 Å². The first-order valence-corrected chi connectivity index (χ1v) is 7.99. The lowest BCUT2D eigenvalue weighted by Crippen LogP contribution is -2.50. The smallest absolute Gasteiger partial charge is 0.282 e. The van der Waals surface area contributed by atoms with E-state index in [1.54, 1.807) is 14.2 Å². The summed E-state index contributed by atoms with van der Waals surface area (Å²) < 4.78 is 32.8. The van der Waals surface area contributed by atoms with Crippen LogP contribution >= 0.6 is 0 Å². The molecule has 1 saturated heterocycles. The van der Waals surface area contributed by atoms with Crippen LogP contribution in [-0.4, -0.2) is 57.4 Å². The summed E-state index contributed by atoms with van der Waals surface area (Å²) in [7, 11) is -0.161. The van der Waals surface area contributed by atoms with Gasteiger partial charge >= 0.3 is 0 Å². The Kier molecular flexibility index (Phi) is 4.98. The number of rotatable bonds is 5. The molecule has 20 heavy (non-hydrogen) atoms. The van der Waals surface area contributed by atoms with Gasteiger partial charge < -0.3 is 10.1 Å². The highest BCUT2D eigenvalue weighted by Crippen LogP contribution is 2.15. The lowest BCUT2D eigenvalue weighted by Gasteiger charge is -2.30. The molecular weight excluding hydrogens is 278 g/mol. The molecule has 1 fully saturated rings. The summed E-state index contributed by atoms with van der Waals surface area (Å²) in [4.78, 5) is 0. The zero-order valence-electron chi connectivity index (χ0n) is 11.9. The van der Waals surface area contributed by atoms with Gasteiger partial charge in [-0.05, 0) is 17.7 Å². The molecule has 1 aliphatic rings. The van der Waals surface area contributed by atoms with Gasteiger partial charge in [0.2, 0.25) is 0 Å². The Morgan fingerprint density at radius 2 is 1.85 bits per heavy atom. The number of nitrogens with one attached hydrogen (secondary N) is 1. The number of piperazine rings is 1. The summed E-state index contributed by atoms with van der Waals surface area (Å²) in [6.07, 6.45) is 0. The van der Waals surface area contributed by atoms with Crippen LogP contribution in [0, 0.1) is 0 Å². The van der Waals surface area contributed by atoms with E-state index in [0.29, 0.717) is 32.7 Å². The Hall–Kier alpha value is -1.15. The molecule has 1 N–H and O–H groups in total. The van der Waals surface area contributed by atoms with Gasteiger partial charge in [0, 0.05) is 39.8 Å². The van der Waals surface area contributed by atoms with E-state index in [-0.39, 0.29) is 0 Å². The van der Waals surface area contributed by atoms with Crippen molar-refractivity contribution in [1.29, 1.82) is 0 Å². The normalized spacial score (nSPS) is 17.4. The fourth-order valence-corrected chi connectivity index (χ4v) is 3.49. The standard InChI is InChI=1S/C13H21N3O3S/c1-15(11-12-3-5-13(19-2)6-4-12)20(17,18)16-9-7-14-8-10-16/h3-6,14H,7-11H2,1-2H3. The minimum atomic E-state index is -3.38. The van der Waals surface area contributed by atoms with Crippen LogP contribution in [0.2, 0.25) is 0 Å². The summed E-state index contributed by atoms with van der Waals surface area (Å²) in [6, 6.07) is 7.42. The molecule has 1 heterocycles. The van der Waals surface area contributed by atoms with E-state index in [2.05, 4.69) is 5.32 Å². The van der Waals surface area contributed by atoms with Gasteiger partial charge in [0.15, 0.2) is 0 Å². The van der Waals surface area contributed by atoms with Crippen molar-refractivity contribution < 1.29 is 13.2 Å². The second-order valence-corrected chi connectivity index (χ2v) is 6.80. The van der Waals surface area contributed by atoms with Crippen molar-refractivity contribution in [3.05, 3.63) is 29.8 Å². The van der Waals surface area contributed by atoms with Gasteiger partial charge in [0.1, 0.15) is 5.75 Å². The average molecular weight is 299 g/mol. The Balaban J connectivity index is 2.03. The Labute approximate surface area is 120 Å². The highest BCUT2D eigenvalue weighted by atomic mass is 32.2. The van der Waals surface area contributed by atoms with Gasteiger partial charge in [-0.2, -0.15) is 17.0 Å². The van der Waals surface area contributed by atoms with Crippen molar-refractivity contribution in [3.63, 3.8) is 0 Å². The summed E-state index contributed by atoms with van der Waals surface area (Å²) in [5.41, 5.74) is 0.937. The number of benzene rings is 1. The Bertz CT molecular complexity index is 524. The number of hydrogen-bond acceptors (Lipinski definition) is 4. The second kappa shape index (κ2) is 6.53. The highest BCUT2D eigenvalue weighted by Gasteiger charge is 2.27. The van der Waals surface area contributed by atoms with Gasteiger partial charge in [-0.1, -0.05) is 12.1 Å². The maximum atomic E-state index is 12.4. The Morgan fingerprint density at radius 1 is 1.25 bits per heavy atom. The summed E-state index contributed by atoms with van der Waals surface area (Å²) >= 11 is 0. The van der Waals surface area contributed by atoms with Crippen LogP contribution in [-0.2, 0) is 16.8 Å². The first-order valence-electron chi connectivity index (χ1n) is 6.59. The predicted molar refractivity (Wildman–Crippen MR) is 77.8 cm³/mol. The van der Waals surface area contributed by atoms with Crippen LogP contribution in [0.3, 0.4) is 0 Å². The molecule has 2 rings (SSSR count). The molecule has 0 aromatic heterocycles. The van der Waals surface area contributed by atoms with Crippen LogP contribution in [0.25, 0.3) is 0 Å². The van der Waals surface area contributed by atoms with Crippen LogP contribution in [0.15, 0.2) is 24.3 Å². The molecule has 0 unspecified atom stereocenters. The summed E-state index contributed by atoms with van der Waals surface area (Å²) in [5, 5.41) is 3.15. The molecule has 1 aliphatic heterocycles. The fourth-order valence-electron chi connectivity index (χ4n) is 2.14. The number of ether oxygens (including phenoxy) is 1. The van der Waals surface area contributed by atoms with Gasteiger partial charge in [-0.25, -0.2) is 0 Å². The third kappa shape index (κ3) is 3.49. The van der Waals surface area contributed by atoms with E-state index in [9.17, 15) is 8.42 Å². The topological polar surface area (TPSA) is 61.9 Å². The zero-order valence-corrected chi connectivity index (χ0v) is 12.7. The molecule has 0 atom stereocenters. The number of methoxy groups -OCH3 is 1. The van der Waals surface area contributed by atoms with Gasteiger partial charge in [0.25, 0.3) is 10.2 Å². The molecule has 0 radical (unpaired) electrons. The summed E-state index contributed by atoms with van der Waals surface area (Å²) in [6.45, 7) is 2.81. The number of nitrogens with zero attached hydrogens (tertiary/aromatic N) is 2. The SMILES string of the molecule is COc1ccc(CN(C)S(=O)(=O)N2CCNCC2)cc1. The minimum Gasteiger partial charge on any atom is -0.497 e. The maximum absolute atomic E-state index is 12.4. The monoisotopic (exact) mass is 299 g/mol. The van der Waals surface area contributed by atoms with Gasteiger partial charge in [0.05, 0.1) is 7.11 Å². The van der Waals surface area contributed by atoms with E-state index < -0.39 is 10.2 Å². The first-order chi connectivity index (χ1) is 9.54. The maximum Gasteiger partial charge on any atom is 0.282 e. The largest absolute Gasteiger partial charge is 0.497 e. The third-order valence-electron chi connectivity index (χ3n) is 3.36. The second-order valence-electron chi connectivity index (χ2n) is 4.76. The van der Waals surface area contributed by atoms with Crippen LogP contribution < -0.4 is 10.1 Å². The molecule has 1 aromatic carbocycles. The molecule has 0 bridgehead atoms. The molecule has 112 valence electrons. The lowest BCUT2D eigenvalue weighted by atomic mass is 10.2. The van der Waals surface area contributed by atoms with E-state index in [0.717, 1.165) is 11.3 Å². The van der Waals surface area contributed by atoms with Crippen molar-refractivity contribution in [2.24, 2.45) is 0 Å². The molecule has 1 aromatic rings. The fraction of sp³-hybridized carbons (Fsp3) is 0.538. The lowest BCUT2D eigenvalue weighted by molar-refractivity contribution is 0.324. The minimum absolute atomic E-state index is 0.357. The van der Waals surface area contributed by atoms with E-state index >= 15 is 0 Å². The Morgan fingerprint density at radius 3 is 2.40 bits per heavy atom. The molecule has 0 aliphatic carbocycles. The molecule has 0 amide bonds. The van der Waals surface area contributed by atoms with Crippen molar-refractivity contribution in [2.75, 3.05) is 40.3 Å². The van der Waals surface area contributed by atoms with Crippen LogP contribution in [0.1, 0.15) is 5.56 Å². The van der Waals surface area contributed by atoms with Gasteiger partial charge in [-0.3, -0.25) is 0 Å². The van der Waals surface area contributed by atoms with Crippen LogP contribution in [0.5, 0.6) is 5.75 Å². The van der Waals surface area contributed by atoms with Crippen molar-refractivity contribution in [1.82, 2.24) is 13.9 Å². The van der Waals surface area contributed by atoms with E-state index in [1.807, 2.05) is 24.3 Å². The zero-order chi connectivity index (χ0) is 14.6. The average Bonchev–Trinajstić information content (AvgIpc) is 2.49. The predicted octanol–water partition coefficient (Wildman–Crippen LogP) is 0.277. The van der Waals surface area contributed by atoms with Crippen molar-refractivity contribution in [3.8, 4) is 5.75 Å². The molecule has 6 nitrogen and oxygen atoms in total. The summed E-state index contributed by atoms with van der Waals surface area (Å²) in [5.74, 6) is 0.765. The first kappa shape index (κ1) is 15.2.